The van der Waals surface area contributed by atoms with Crippen molar-refractivity contribution in [1.82, 2.24) is 5.32 Å². The molecule has 0 bridgehead atoms. The maximum Gasteiger partial charge on any atom is 0.0590 e. The molecule has 1 aliphatic carbocycles. The molecular weight excluding hydrogens is 198 g/mol. The number of halogens is 1. The van der Waals surface area contributed by atoms with E-state index in [1.807, 2.05) is 0 Å². The predicted molar refractivity (Wildman–Crippen MR) is 61.0 cm³/mol. The van der Waals surface area contributed by atoms with E-state index >= 15 is 0 Å². The van der Waals surface area contributed by atoms with Crippen LogP contribution in [0.3, 0.4) is 0 Å². The van der Waals surface area contributed by atoms with Gasteiger partial charge >= 0.3 is 0 Å². The molecule has 0 heterocycles. The summed E-state index contributed by atoms with van der Waals surface area (Å²) >= 11 is 6.03. The standard InChI is InChI=1S/C11H22ClNO/c1-2-8-14-9-7-13-11-5-3-10(12)4-6-11/h10-11,13H,2-9H2,1H3. The Labute approximate surface area is 92.3 Å². The van der Waals surface area contributed by atoms with Crippen LogP contribution in [0.15, 0.2) is 0 Å². The van der Waals surface area contributed by atoms with Crippen molar-refractivity contribution in [3.63, 3.8) is 0 Å². The summed E-state index contributed by atoms with van der Waals surface area (Å²) in [5, 5.41) is 3.94. The molecule has 0 unspecified atom stereocenters. The first kappa shape index (κ1) is 12.3. The molecule has 0 aromatic rings. The topological polar surface area (TPSA) is 21.3 Å². The summed E-state index contributed by atoms with van der Waals surface area (Å²) in [4.78, 5) is 0. The lowest BCUT2D eigenvalue weighted by atomic mass is 9.95. The predicted octanol–water partition coefficient (Wildman–Crippen LogP) is 2.55. The van der Waals surface area contributed by atoms with Crippen molar-refractivity contribution in [2.45, 2.75) is 50.4 Å². The second-order valence-corrected chi connectivity index (χ2v) is 4.63. The van der Waals surface area contributed by atoms with Gasteiger partial charge in [0.2, 0.25) is 0 Å². The van der Waals surface area contributed by atoms with E-state index < -0.39 is 0 Å². The van der Waals surface area contributed by atoms with Gasteiger partial charge in [-0.1, -0.05) is 6.92 Å². The summed E-state index contributed by atoms with van der Waals surface area (Å²) in [7, 11) is 0. The van der Waals surface area contributed by atoms with Crippen LogP contribution >= 0.6 is 11.6 Å². The Morgan fingerprint density at radius 2 is 1.93 bits per heavy atom. The molecule has 1 saturated carbocycles. The fraction of sp³-hybridized carbons (Fsp3) is 1.00. The first-order valence-corrected chi connectivity index (χ1v) is 6.21. The minimum atomic E-state index is 0.421. The molecule has 0 saturated heterocycles. The maximum absolute atomic E-state index is 6.03. The molecule has 3 heteroatoms. The van der Waals surface area contributed by atoms with E-state index in [0.29, 0.717) is 11.4 Å². The Balaban J connectivity index is 1.91. The zero-order valence-electron chi connectivity index (χ0n) is 9.10. The molecular formula is C11H22ClNO. The van der Waals surface area contributed by atoms with Crippen LogP contribution < -0.4 is 5.32 Å². The molecule has 1 rings (SSSR count). The third-order valence-corrected chi connectivity index (χ3v) is 3.12. The fourth-order valence-electron chi connectivity index (χ4n) is 1.84. The normalized spacial score (nSPS) is 27.9. The number of ether oxygens (including phenoxy) is 1. The molecule has 0 spiro atoms. The number of alkyl halides is 1. The molecule has 0 atom stereocenters. The first-order valence-electron chi connectivity index (χ1n) is 5.78. The van der Waals surface area contributed by atoms with E-state index in [1.54, 1.807) is 0 Å². The minimum Gasteiger partial charge on any atom is -0.380 e. The van der Waals surface area contributed by atoms with Crippen molar-refractivity contribution in [2.24, 2.45) is 0 Å². The largest absolute Gasteiger partial charge is 0.380 e. The first-order chi connectivity index (χ1) is 6.83. The van der Waals surface area contributed by atoms with E-state index in [4.69, 9.17) is 16.3 Å². The smallest absolute Gasteiger partial charge is 0.0590 e. The zero-order chi connectivity index (χ0) is 10.2. The van der Waals surface area contributed by atoms with Crippen molar-refractivity contribution in [3.8, 4) is 0 Å². The highest BCUT2D eigenvalue weighted by Gasteiger charge is 2.18. The van der Waals surface area contributed by atoms with E-state index in [1.165, 1.54) is 12.8 Å². The van der Waals surface area contributed by atoms with Crippen LogP contribution in [0.5, 0.6) is 0 Å². The lowest BCUT2D eigenvalue weighted by Crippen LogP contribution is -2.35. The molecule has 1 aliphatic rings. The molecule has 0 aliphatic heterocycles. The van der Waals surface area contributed by atoms with Crippen LogP contribution in [0.1, 0.15) is 39.0 Å². The van der Waals surface area contributed by atoms with Crippen LogP contribution in [0, 0.1) is 0 Å². The number of hydrogen-bond acceptors (Lipinski definition) is 2. The van der Waals surface area contributed by atoms with Crippen molar-refractivity contribution < 1.29 is 4.74 Å². The number of nitrogens with one attached hydrogen (secondary N) is 1. The Morgan fingerprint density at radius 1 is 1.21 bits per heavy atom. The van der Waals surface area contributed by atoms with Crippen LogP contribution in [0.2, 0.25) is 0 Å². The quantitative estimate of drug-likeness (QED) is 0.548. The second kappa shape index (κ2) is 7.49. The summed E-state index contributed by atoms with van der Waals surface area (Å²) in [5.74, 6) is 0. The highest BCUT2D eigenvalue weighted by Crippen LogP contribution is 2.22. The van der Waals surface area contributed by atoms with E-state index in [-0.39, 0.29) is 0 Å². The van der Waals surface area contributed by atoms with Gasteiger partial charge in [-0.15, -0.1) is 11.6 Å². The zero-order valence-corrected chi connectivity index (χ0v) is 9.85. The fourth-order valence-corrected chi connectivity index (χ4v) is 2.09. The molecule has 2 nitrogen and oxygen atoms in total. The summed E-state index contributed by atoms with van der Waals surface area (Å²) in [6, 6.07) is 0.676. The average Bonchev–Trinajstić information content (AvgIpc) is 2.21. The van der Waals surface area contributed by atoms with Crippen LogP contribution in [-0.2, 0) is 4.74 Å². The van der Waals surface area contributed by atoms with Crippen molar-refractivity contribution in [1.29, 1.82) is 0 Å². The number of hydrogen-bond donors (Lipinski definition) is 1. The number of rotatable bonds is 6. The molecule has 14 heavy (non-hydrogen) atoms. The SMILES string of the molecule is CCCOCCNC1CCC(Cl)CC1. The van der Waals surface area contributed by atoms with E-state index in [9.17, 15) is 0 Å². The molecule has 0 radical (unpaired) electrons. The summed E-state index contributed by atoms with van der Waals surface area (Å²) < 4.78 is 5.41. The van der Waals surface area contributed by atoms with Gasteiger partial charge in [-0.25, -0.2) is 0 Å². The third-order valence-electron chi connectivity index (χ3n) is 2.68. The van der Waals surface area contributed by atoms with Gasteiger partial charge in [0.25, 0.3) is 0 Å². The lowest BCUT2D eigenvalue weighted by molar-refractivity contribution is 0.133. The Morgan fingerprint density at radius 3 is 2.57 bits per heavy atom. The minimum absolute atomic E-state index is 0.421. The highest BCUT2D eigenvalue weighted by atomic mass is 35.5. The monoisotopic (exact) mass is 219 g/mol. The van der Waals surface area contributed by atoms with Gasteiger partial charge in [0.05, 0.1) is 6.61 Å². The van der Waals surface area contributed by atoms with Crippen molar-refractivity contribution in [3.05, 3.63) is 0 Å². The van der Waals surface area contributed by atoms with Gasteiger partial charge in [-0.3, -0.25) is 0 Å². The third kappa shape index (κ3) is 5.18. The van der Waals surface area contributed by atoms with Crippen LogP contribution in [0.25, 0.3) is 0 Å². The summed E-state index contributed by atoms with van der Waals surface area (Å²) in [6.07, 6.45) is 5.88. The summed E-state index contributed by atoms with van der Waals surface area (Å²) in [5.41, 5.74) is 0. The Kier molecular flexibility index (Phi) is 6.57. The lowest BCUT2D eigenvalue weighted by Gasteiger charge is -2.25. The molecule has 0 aromatic carbocycles. The Hall–Kier alpha value is 0.210. The van der Waals surface area contributed by atoms with Gasteiger partial charge in [0.1, 0.15) is 0 Å². The van der Waals surface area contributed by atoms with Crippen molar-refractivity contribution in [2.75, 3.05) is 19.8 Å². The van der Waals surface area contributed by atoms with E-state index in [2.05, 4.69) is 12.2 Å². The van der Waals surface area contributed by atoms with Gasteiger partial charge < -0.3 is 10.1 Å². The van der Waals surface area contributed by atoms with Gasteiger partial charge in [0, 0.05) is 24.6 Å². The van der Waals surface area contributed by atoms with Crippen molar-refractivity contribution >= 4 is 11.6 Å². The van der Waals surface area contributed by atoms with E-state index in [0.717, 1.165) is 39.0 Å². The Bertz CT molecular complexity index is 135. The van der Waals surface area contributed by atoms with Crippen LogP contribution in [-0.4, -0.2) is 31.2 Å². The van der Waals surface area contributed by atoms with Gasteiger partial charge in [-0.05, 0) is 32.1 Å². The van der Waals surface area contributed by atoms with Gasteiger partial charge in [0.15, 0.2) is 0 Å². The molecule has 0 aromatic heterocycles. The second-order valence-electron chi connectivity index (χ2n) is 4.02. The average molecular weight is 220 g/mol. The van der Waals surface area contributed by atoms with Crippen LogP contribution in [0.4, 0.5) is 0 Å². The molecule has 1 fully saturated rings. The molecule has 0 amide bonds. The molecule has 1 N–H and O–H groups in total. The summed E-state index contributed by atoms with van der Waals surface area (Å²) in [6.45, 7) is 4.84. The van der Waals surface area contributed by atoms with Gasteiger partial charge in [-0.2, -0.15) is 0 Å². The molecule has 84 valence electrons. The highest BCUT2D eigenvalue weighted by molar-refractivity contribution is 6.20. The maximum atomic E-state index is 6.03.